The zero-order chi connectivity index (χ0) is 15.1. The van der Waals surface area contributed by atoms with Gasteiger partial charge in [0.1, 0.15) is 11.5 Å². The van der Waals surface area contributed by atoms with Crippen molar-refractivity contribution in [3.8, 4) is 11.5 Å². The first-order chi connectivity index (χ1) is 10.3. The second-order valence-electron chi connectivity index (χ2n) is 4.58. The molecule has 0 spiro atoms. The Morgan fingerprint density at radius 2 is 1.71 bits per heavy atom. The van der Waals surface area contributed by atoms with Gasteiger partial charge in [-0.1, -0.05) is 24.3 Å². The molecule has 0 aliphatic rings. The molecule has 0 bridgehead atoms. The number of ether oxygens (including phenoxy) is 2. The van der Waals surface area contributed by atoms with E-state index in [-0.39, 0.29) is 6.04 Å². The van der Waals surface area contributed by atoms with Crippen LogP contribution in [-0.2, 0) is 0 Å². The molecule has 112 valence electrons. The fraction of sp³-hybridized carbons (Fsp3) is 0.294. The van der Waals surface area contributed by atoms with Gasteiger partial charge in [-0.15, -0.1) is 11.8 Å². The molecule has 1 atom stereocenters. The van der Waals surface area contributed by atoms with Gasteiger partial charge in [-0.3, -0.25) is 0 Å². The Labute approximate surface area is 130 Å². The topological polar surface area (TPSA) is 30.5 Å². The number of nitrogens with one attached hydrogen (secondary N) is 1. The van der Waals surface area contributed by atoms with E-state index in [1.165, 1.54) is 5.56 Å². The second kappa shape index (κ2) is 7.96. The summed E-state index contributed by atoms with van der Waals surface area (Å²) < 4.78 is 10.6. The normalized spacial score (nSPS) is 12.0. The number of hydrogen-bond acceptors (Lipinski definition) is 4. The first-order valence-corrected chi connectivity index (χ1v) is 7.84. The molecule has 0 radical (unpaired) electrons. The van der Waals surface area contributed by atoms with E-state index in [1.54, 1.807) is 26.0 Å². The monoisotopic (exact) mass is 303 g/mol. The summed E-state index contributed by atoms with van der Waals surface area (Å²) in [7, 11) is 5.37. The lowest BCUT2D eigenvalue weighted by atomic mass is 10.1. The molecule has 4 heteroatoms. The van der Waals surface area contributed by atoms with Crippen LogP contribution < -0.4 is 14.8 Å². The minimum absolute atomic E-state index is 0.283. The number of hydrogen-bond donors (Lipinski definition) is 1. The van der Waals surface area contributed by atoms with Gasteiger partial charge in [0.25, 0.3) is 0 Å². The Kier molecular flexibility index (Phi) is 5.96. The van der Waals surface area contributed by atoms with Crippen molar-refractivity contribution in [2.75, 3.05) is 27.0 Å². The molecule has 0 heterocycles. The van der Waals surface area contributed by atoms with Crippen LogP contribution in [-0.4, -0.2) is 27.0 Å². The summed E-state index contributed by atoms with van der Waals surface area (Å²) in [4.78, 5) is 1.16. The molecule has 2 rings (SSSR count). The standard InChI is InChI=1S/C17H21NO2S/c1-18-15(13-8-10-14(19-2)11-9-13)12-21-17-7-5-4-6-16(17)20-3/h4-11,15,18H,12H2,1-3H3. The Bertz CT molecular complexity index is 557. The van der Waals surface area contributed by atoms with Crippen LogP contribution in [0.15, 0.2) is 53.4 Å². The van der Waals surface area contributed by atoms with E-state index in [0.717, 1.165) is 22.1 Å². The van der Waals surface area contributed by atoms with Crippen molar-refractivity contribution in [3.63, 3.8) is 0 Å². The van der Waals surface area contributed by atoms with Gasteiger partial charge in [0.2, 0.25) is 0 Å². The molecule has 2 aromatic rings. The van der Waals surface area contributed by atoms with Crippen LogP contribution in [0.25, 0.3) is 0 Å². The zero-order valence-electron chi connectivity index (χ0n) is 12.6. The highest BCUT2D eigenvalue weighted by Gasteiger charge is 2.11. The molecule has 0 saturated heterocycles. The lowest BCUT2D eigenvalue weighted by Gasteiger charge is -2.17. The molecule has 2 aromatic carbocycles. The number of thioether (sulfide) groups is 1. The minimum Gasteiger partial charge on any atom is -0.497 e. The molecule has 0 aliphatic carbocycles. The maximum atomic E-state index is 5.39. The third-order valence-corrected chi connectivity index (χ3v) is 4.49. The van der Waals surface area contributed by atoms with Gasteiger partial charge < -0.3 is 14.8 Å². The molecule has 1 N–H and O–H groups in total. The summed E-state index contributed by atoms with van der Waals surface area (Å²) in [5.41, 5.74) is 1.25. The Hall–Kier alpha value is -1.65. The quantitative estimate of drug-likeness (QED) is 0.789. The number of benzene rings is 2. The SMILES string of the molecule is CNC(CSc1ccccc1OC)c1ccc(OC)cc1. The van der Waals surface area contributed by atoms with E-state index in [4.69, 9.17) is 9.47 Å². The molecule has 0 fully saturated rings. The van der Waals surface area contributed by atoms with Crippen molar-refractivity contribution in [2.24, 2.45) is 0 Å². The number of para-hydroxylation sites is 1. The molecular weight excluding hydrogens is 282 g/mol. The second-order valence-corrected chi connectivity index (χ2v) is 5.64. The van der Waals surface area contributed by atoms with Crippen LogP contribution in [0.3, 0.4) is 0 Å². The van der Waals surface area contributed by atoms with Gasteiger partial charge in [-0.25, -0.2) is 0 Å². The molecule has 3 nitrogen and oxygen atoms in total. The third kappa shape index (κ3) is 4.16. The molecular formula is C17H21NO2S. The van der Waals surface area contributed by atoms with Gasteiger partial charge >= 0.3 is 0 Å². The van der Waals surface area contributed by atoms with E-state index in [2.05, 4.69) is 23.5 Å². The first-order valence-electron chi connectivity index (χ1n) is 6.85. The van der Waals surface area contributed by atoms with E-state index < -0.39 is 0 Å². The van der Waals surface area contributed by atoms with Gasteiger partial charge in [0.15, 0.2) is 0 Å². The predicted octanol–water partition coefficient (Wildman–Crippen LogP) is 3.76. The van der Waals surface area contributed by atoms with Crippen molar-refractivity contribution < 1.29 is 9.47 Å². The van der Waals surface area contributed by atoms with E-state index >= 15 is 0 Å². The van der Waals surface area contributed by atoms with Crippen molar-refractivity contribution >= 4 is 11.8 Å². The highest BCUT2D eigenvalue weighted by molar-refractivity contribution is 7.99. The lowest BCUT2D eigenvalue weighted by molar-refractivity contribution is 0.405. The Morgan fingerprint density at radius 3 is 2.33 bits per heavy atom. The van der Waals surface area contributed by atoms with Crippen LogP contribution in [0.4, 0.5) is 0 Å². The smallest absolute Gasteiger partial charge is 0.132 e. The Morgan fingerprint density at radius 1 is 1.00 bits per heavy atom. The van der Waals surface area contributed by atoms with Gasteiger partial charge in [-0.05, 0) is 36.9 Å². The minimum atomic E-state index is 0.283. The van der Waals surface area contributed by atoms with Crippen LogP contribution in [0.2, 0.25) is 0 Å². The molecule has 0 aliphatic heterocycles. The number of methoxy groups -OCH3 is 2. The molecule has 0 saturated carbocycles. The van der Waals surface area contributed by atoms with Crippen molar-refractivity contribution in [3.05, 3.63) is 54.1 Å². The molecule has 0 amide bonds. The van der Waals surface area contributed by atoms with Crippen LogP contribution in [0.1, 0.15) is 11.6 Å². The van der Waals surface area contributed by atoms with E-state index in [0.29, 0.717) is 0 Å². The molecule has 1 unspecified atom stereocenters. The van der Waals surface area contributed by atoms with Crippen molar-refractivity contribution in [1.82, 2.24) is 5.32 Å². The number of rotatable bonds is 7. The fourth-order valence-corrected chi connectivity index (χ4v) is 3.27. The van der Waals surface area contributed by atoms with Gasteiger partial charge in [0, 0.05) is 16.7 Å². The maximum absolute atomic E-state index is 5.39. The first kappa shape index (κ1) is 15.7. The molecule has 21 heavy (non-hydrogen) atoms. The van der Waals surface area contributed by atoms with Crippen molar-refractivity contribution in [1.29, 1.82) is 0 Å². The summed E-state index contributed by atoms with van der Waals surface area (Å²) in [6, 6.07) is 16.6. The van der Waals surface area contributed by atoms with E-state index in [9.17, 15) is 0 Å². The largest absolute Gasteiger partial charge is 0.497 e. The zero-order valence-corrected chi connectivity index (χ0v) is 13.4. The van der Waals surface area contributed by atoms with E-state index in [1.807, 2.05) is 37.4 Å². The predicted molar refractivity (Wildman–Crippen MR) is 88.5 cm³/mol. The lowest BCUT2D eigenvalue weighted by Crippen LogP contribution is -2.18. The third-order valence-electron chi connectivity index (χ3n) is 3.34. The summed E-state index contributed by atoms with van der Waals surface area (Å²) in [5.74, 6) is 2.74. The summed E-state index contributed by atoms with van der Waals surface area (Å²) in [5, 5.41) is 3.36. The van der Waals surface area contributed by atoms with Crippen molar-refractivity contribution in [2.45, 2.75) is 10.9 Å². The maximum Gasteiger partial charge on any atom is 0.132 e. The summed E-state index contributed by atoms with van der Waals surface area (Å²) in [6.07, 6.45) is 0. The summed E-state index contributed by atoms with van der Waals surface area (Å²) >= 11 is 1.79. The summed E-state index contributed by atoms with van der Waals surface area (Å²) in [6.45, 7) is 0. The Balaban J connectivity index is 2.04. The van der Waals surface area contributed by atoms with Crippen LogP contribution in [0, 0.1) is 0 Å². The van der Waals surface area contributed by atoms with Gasteiger partial charge in [0.05, 0.1) is 14.2 Å². The average Bonchev–Trinajstić information content (AvgIpc) is 2.56. The van der Waals surface area contributed by atoms with Crippen LogP contribution >= 0.6 is 11.8 Å². The highest BCUT2D eigenvalue weighted by Crippen LogP contribution is 2.32. The van der Waals surface area contributed by atoms with Crippen LogP contribution in [0.5, 0.6) is 11.5 Å². The van der Waals surface area contributed by atoms with Gasteiger partial charge in [-0.2, -0.15) is 0 Å². The highest BCUT2D eigenvalue weighted by atomic mass is 32.2. The average molecular weight is 303 g/mol. The molecule has 0 aromatic heterocycles. The fourth-order valence-electron chi connectivity index (χ4n) is 2.09.